The molecule has 4 aromatic carbocycles. The van der Waals surface area contributed by atoms with Crippen LogP contribution >= 0.6 is 0 Å². The number of nitrogens with zero attached hydrogens (tertiary/aromatic N) is 2. The van der Waals surface area contributed by atoms with Gasteiger partial charge in [-0.2, -0.15) is 0 Å². The first-order valence-corrected chi connectivity index (χ1v) is 7.93. The van der Waals surface area contributed by atoms with Gasteiger partial charge in [-0.15, -0.1) is 0 Å². The molecule has 0 bridgehead atoms. The highest BCUT2D eigenvalue weighted by molar-refractivity contribution is 6.23. The van der Waals surface area contributed by atoms with Crippen LogP contribution in [0.1, 0.15) is 11.3 Å². The molecule has 0 unspecified atom stereocenters. The van der Waals surface area contributed by atoms with Crippen molar-refractivity contribution in [2.75, 3.05) is 0 Å². The van der Waals surface area contributed by atoms with Crippen molar-refractivity contribution in [3.8, 4) is 0 Å². The molecular formula is C21H14N2O. The molecule has 3 heteroatoms. The third-order valence-electron chi connectivity index (χ3n) is 4.45. The number of hydrogen-bond donors (Lipinski definition) is 0. The Morgan fingerprint density at radius 3 is 2.08 bits per heavy atom. The molecule has 0 atom stereocenters. The molecule has 0 fully saturated rings. The summed E-state index contributed by atoms with van der Waals surface area (Å²) in [5.41, 5.74) is 1.06. The predicted octanol–water partition coefficient (Wildman–Crippen LogP) is 5.63. The van der Waals surface area contributed by atoms with Gasteiger partial charge in [0.25, 0.3) is 0 Å². The van der Waals surface area contributed by atoms with Crippen molar-refractivity contribution in [2.45, 2.75) is 6.92 Å². The lowest BCUT2D eigenvalue weighted by atomic mass is 9.93. The van der Waals surface area contributed by atoms with Gasteiger partial charge in [0.15, 0.2) is 5.82 Å². The molecule has 114 valence electrons. The third-order valence-corrected chi connectivity index (χ3v) is 4.45. The van der Waals surface area contributed by atoms with Crippen molar-refractivity contribution in [1.29, 1.82) is 0 Å². The van der Waals surface area contributed by atoms with Crippen LogP contribution in [0, 0.1) is 6.92 Å². The standard InChI is InChI=1S/C21H14N2O/c1-13-9-19(23-24-13)22-12-14-10-17-7-5-15-3-2-4-16-6-8-18(11-14)21(17)20(15)16/h2-12H,1H3. The molecule has 0 aliphatic carbocycles. The van der Waals surface area contributed by atoms with Gasteiger partial charge >= 0.3 is 0 Å². The molecular weight excluding hydrogens is 296 g/mol. The van der Waals surface area contributed by atoms with E-state index >= 15 is 0 Å². The molecule has 0 N–H and O–H groups in total. The average Bonchev–Trinajstić information content (AvgIpc) is 3.03. The van der Waals surface area contributed by atoms with Gasteiger partial charge in [0, 0.05) is 12.3 Å². The van der Waals surface area contributed by atoms with Gasteiger partial charge in [-0.1, -0.05) is 47.6 Å². The van der Waals surface area contributed by atoms with E-state index in [1.54, 1.807) is 0 Å². The van der Waals surface area contributed by atoms with E-state index < -0.39 is 0 Å². The first-order valence-electron chi connectivity index (χ1n) is 7.93. The fourth-order valence-electron chi connectivity index (χ4n) is 3.41. The molecule has 3 nitrogen and oxygen atoms in total. The molecule has 1 aromatic heterocycles. The number of benzene rings is 4. The van der Waals surface area contributed by atoms with Crippen LogP contribution in [0.3, 0.4) is 0 Å². The summed E-state index contributed by atoms with van der Waals surface area (Å²) >= 11 is 0. The van der Waals surface area contributed by atoms with Gasteiger partial charge in [0.1, 0.15) is 5.76 Å². The van der Waals surface area contributed by atoms with Crippen LogP contribution in [0.15, 0.2) is 70.2 Å². The van der Waals surface area contributed by atoms with Gasteiger partial charge in [-0.3, -0.25) is 0 Å². The van der Waals surface area contributed by atoms with E-state index in [-0.39, 0.29) is 0 Å². The molecule has 0 saturated heterocycles. The van der Waals surface area contributed by atoms with Crippen LogP contribution in [-0.4, -0.2) is 11.4 Å². The zero-order chi connectivity index (χ0) is 16.1. The predicted molar refractivity (Wildman–Crippen MR) is 98.6 cm³/mol. The Kier molecular flexibility index (Phi) is 2.71. The Labute approximate surface area is 138 Å². The smallest absolute Gasteiger partial charge is 0.195 e. The summed E-state index contributed by atoms with van der Waals surface area (Å²) in [4.78, 5) is 4.40. The van der Waals surface area contributed by atoms with Crippen molar-refractivity contribution in [2.24, 2.45) is 4.99 Å². The molecule has 0 spiro atoms. The molecule has 0 amide bonds. The van der Waals surface area contributed by atoms with Gasteiger partial charge in [0.05, 0.1) is 0 Å². The van der Waals surface area contributed by atoms with Gasteiger partial charge in [0.2, 0.25) is 0 Å². The Balaban J connectivity index is 1.73. The first-order chi connectivity index (χ1) is 11.8. The summed E-state index contributed by atoms with van der Waals surface area (Å²) in [6.45, 7) is 1.86. The van der Waals surface area contributed by atoms with Gasteiger partial charge < -0.3 is 4.52 Å². The van der Waals surface area contributed by atoms with Crippen LogP contribution in [-0.2, 0) is 0 Å². The van der Waals surface area contributed by atoms with Crippen molar-refractivity contribution < 1.29 is 4.52 Å². The van der Waals surface area contributed by atoms with Gasteiger partial charge in [-0.25, -0.2) is 4.99 Å². The Morgan fingerprint density at radius 2 is 1.46 bits per heavy atom. The summed E-state index contributed by atoms with van der Waals surface area (Å²) in [5.74, 6) is 1.36. The van der Waals surface area contributed by atoms with Crippen LogP contribution in [0.5, 0.6) is 0 Å². The second-order valence-corrected chi connectivity index (χ2v) is 6.11. The minimum atomic E-state index is 0.595. The van der Waals surface area contributed by atoms with E-state index in [1.807, 2.05) is 19.2 Å². The van der Waals surface area contributed by atoms with Crippen LogP contribution in [0.25, 0.3) is 32.3 Å². The second-order valence-electron chi connectivity index (χ2n) is 6.11. The highest BCUT2D eigenvalue weighted by Gasteiger charge is 2.08. The Bertz CT molecular complexity index is 1150. The highest BCUT2D eigenvalue weighted by atomic mass is 16.5. The van der Waals surface area contributed by atoms with E-state index in [9.17, 15) is 0 Å². The van der Waals surface area contributed by atoms with Crippen molar-refractivity contribution >= 4 is 44.3 Å². The van der Waals surface area contributed by atoms with E-state index in [1.165, 1.54) is 32.3 Å². The molecule has 0 aliphatic heterocycles. The average molecular weight is 310 g/mol. The summed E-state index contributed by atoms with van der Waals surface area (Å²) in [5, 5.41) is 11.6. The fraction of sp³-hybridized carbons (Fsp3) is 0.0476. The van der Waals surface area contributed by atoms with E-state index in [0.29, 0.717) is 5.82 Å². The van der Waals surface area contributed by atoms with Crippen LogP contribution in [0.2, 0.25) is 0 Å². The lowest BCUT2D eigenvalue weighted by molar-refractivity contribution is 0.399. The van der Waals surface area contributed by atoms with Crippen molar-refractivity contribution in [3.05, 3.63) is 72.0 Å². The largest absolute Gasteiger partial charge is 0.359 e. The summed E-state index contributed by atoms with van der Waals surface area (Å²) in [7, 11) is 0. The maximum atomic E-state index is 5.05. The lowest BCUT2D eigenvalue weighted by Crippen LogP contribution is -1.87. The van der Waals surface area contributed by atoms with Crippen LogP contribution < -0.4 is 0 Å². The molecule has 0 aliphatic rings. The van der Waals surface area contributed by atoms with Gasteiger partial charge in [-0.05, 0) is 56.9 Å². The number of aliphatic imine (C=N–C) groups is 1. The van der Waals surface area contributed by atoms with Crippen LogP contribution in [0.4, 0.5) is 5.82 Å². The molecule has 24 heavy (non-hydrogen) atoms. The number of hydrogen-bond acceptors (Lipinski definition) is 3. The quantitative estimate of drug-likeness (QED) is 0.313. The van der Waals surface area contributed by atoms with E-state index in [4.69, 9.17) is 4.52 Å². The zero-order valence-electron chi connectivity index (χ0n) is 13.2. The lowest BCUT2D eigenvalue weighted by Gasteiger charge is -2.11. The maximum Gasteiger partial charge on any atom is 0.195 e. The summed E-state index contributed by atoms with van der Waals surface area (Å²) in [6.07, 6.45) is 1.84. The van der Waals surface area contributed by atoms with Crippen molar-refractivity contribution in [1.82, 2.24) is 5.16 Å². The minimum absolute atomic E-state index is 0.595. The summed E-state index contributed by atoms with van der Waals surface area (Å²) in [6, 6.07) is 21.4. The summed E-state index contributed by atoms with van der Waals surface area (Å²) < 4.78 is 5.05. The highest BCUT2D eigenvalue weighted by Crippen LogP contribution is 2.34. The molecule has 0 radical (unpaired) electrons. The Morgan fingerprint density at radius 1 is 0.833 bits per heavy atom. The van der Waals surface area contributed by atoms with E-state index in [2.05, 4.69) is 64.7 Å². The monoisotopic (exact) mass is 310 g/mol. The van der Waals surface area contributed by atoms with E-state index in [0.717, 1.165) is 11.3 Å². The minimum Gasteiger partial charge on any atom is -0.359 e. The van der Waals surface area contributed by atoms with Crippen molar-refractivity contribution in [3.63, 3.8) is 0 Å². The maximum absolute atomic E-state index is 5.05. The topological polar surface area (TPSA) is 38.4 Å². The SMILES string of the molecule is Cc1cc(N=Cc2cc3ccc4cccc5ccc(c2)c3c45)no1. The fourth-order valence-corrected chi connectivity index (χ4v) is 3.41. The third kappa shape index (κ3) is 1.98. The Hall–Kier alpha value is -3.20. The first kappa shape index (κ1) is 13.3. The number of aryl methyl sites for hydroxylation is 1. The zero-order valence-corrected chi connectivity index (χ0v) is 13.2. The number of rotatable bonds is 2. The molecule has 1 heterocycles. The molecule has 5 aromatic rings. The second kappa shape index (κ2) is 4.90. The molecule has 5 rings (SSSR count). The number of aromatic nitrogens is 1. The molecule has 0 saturated carbocycles. The normalized spacial score (nSPS) is 12.2.